The molecule has 0 bridgehead atoms. The number of hydrogen-bond donors (Lipinski definition) is 1. The van der Waals surface area contributed by atoms with Gasteiger partial charge in [-0.25, -0.2) is 0 Å². The van der Waals surface area contributed by atoms with Gasteiger partial charge in [0.05, 0.1) is 5.60 Å². The van der Waals surface area contributed by atoms with Crippen LogP contribution in [0.25, 0.3) is 0 Å². The van der Waals surface area contributed by atoms with Crippen LogP contribution in [0, 0.1) is 23.7 Å². The van der Waals surface area contributed by atoms with Crippen LogP contribution in [-0.2, 0) is 14.3 Å². The Hall–Kier alpha value is -2.58. The van der Waals surface area contributed by atoms with Gasteiger partial charge in [-0.2, -0.15) is 0 Å². The average molecular weight is 527 g/mol. The van der Waals surface area contributed by atoms with Gasteiger partial charge in [0.25, 0.3) is 5.91 Å². The second-order valence-electron chi connectivity index (χ2n) is 11.8. The number of amides is 1. The summed E-state index contributed by atoms with van der Waals surface area (Å²) in [6, 6.07) is 7.46. The van der Waals surface area contributed by atoms with Crippen LogP contribution in [-0.4, -0.2) is 83.9 Å². The van der Waals surface area contributed by atoms with Crippen molar-refractivity contribution in [2.45, 2.75) is 64.8 Å². The minimum atomic E-state index is -0.859. The molecule has 7 atom stereocenters. The highest BCUT2D eigenvalue weighted by molar-refractivity contribution is 5.82. The van der Waals surface area contributed by atoms with Crippen molar-refractivity contribution in [3.63, 3.8) is 0 Å². The van der Waals surface area contributed by atoms with Crippen LogP contribution in [0.2, 0.25) is 0 Å². The molecule has 0 radical (unpaired) electrons. The zero-order valence-electron chi connectivity index (χ0n) is 23.1. The van der Waals surface area contributed by atoms with E-state index in [-0.39, 0.29) is 36.4 Å². The maximum absolute atomic E-state index is 13.1. The van der Waals surface area contributed by atoms with Crippen LogP contribution in [0.15, 0.2) is 35.9 Å². The van der Waals surface area contributed by atoms with Gasteiger partial charge in [-0.3, -0.25) is 14.5 Å². The molecule has 4 aliphatic rings. The number of fused-ring (bicyclic) bond motifs is 2. The molecular weight excluding hydrogens is 484 g/mol. The number of ether oxygens (including phenoxy) is 3. The van der Waals surface area contributed by atoms with Gasteiger partial charge in [0.1, 0.15) is 12.7 Å². The lowest BCUT2D eigenvalue weighted by atomic mass is 9.57. The first kappa shape index (κ1) is 27.0. The first-order valence-corrected chi connectivity index (χ1v) is 14.1. The predicted molar refractivity (Wildman–Crippen MR) is 143 cm³/mol. The number of para-hydroxylation sites is 2. The van der Waals surface area contributed by atoms with Gasteiger partial charge in [0.15, 0.2) is 11.5 Å². The molecule has 1 N–H and O–H groups in total. The molecule has 1 amide bonds. The molecule has 2 heterocycles. The Morgan fingerprint density at radius 1 is 1.16 bits per heavy atom. The quantitative estimate of drug-likeness (QED) is 0.465. The molecule has 1 aromatic carbocycles. The van der Waals surface area contributed by atoms with E-state index in [1.807, 2.05) is 36.1 Å². The largest absolute Gasteiger partial charge is 0.485 e. The Balaban J connectivity index is 1.17. The van der Waals surface area contributed by atoms with E-state index in [1.54, 1.807) is 0 Å². The van der Waals surface area contributed by atoms with E-state index in [9.17, 15) is 14.7 Å². The van der Waals surface area contributed by atoms with E-state index in [0.29, 0.717) is 42.8 Å². The highest BCUT2D eigenvalue weighted by atomic mass is 16.6. The van der Waals surface area contributed by atoms with E-state index in [0.717, 1.165) is 38.0 Å². The van der Waals surface area contributed by atoms with Crippen molar-refractivity contribution in [2.24, 2.45) is 23.7 Å². The summed E-state index contributed by atoms with van der Waals surface area (Å²) >= 11 is 0. The molecule has 1 saturated heterocycles. The molecule has 1 aromatic rings. The van der Waals surface area contributed by atoms with Crippen molar-refractivity contribution < 1.29 is 28.9 Å². The molecule has 208 valence electrons. The summed E-state index contributed by atoms with van der Waals surface area (Å²) in [6.07, 6.45) is 3.77. The standard InChI is InChI=1S/C30H42N2O6/c1-19-15-24-23(10-9-21(3)30(24,35)16-27(19)37-22(4)33)20(2)17-31-11-13-32(14-12-31)29(34)28-18-36-25-7-5-6-8-26(25)38-28/h5-8,15,20-21,23-24,27-28,35H,9-14,16-18H2,1-4H3/t20-,21-,23+,24-,27-,28?,30-/m1/s1. The first-order valence-electron chi connectivity index (χ1n) is 14.1. The van der Waals surface area contributed by atoms with Gasteiger partial charge in [0, 0.05) is 52.0 Å². The van der Waals surface area contributed by atoms with E-state index < -0.39 is 11.7 Å². The smallest absolute Gasteiger partial charge is 0.303 e. The Labute approximate surface area is 225 Å². The average Bonchev–Trinajstić information content (AvgIpc) is 2.90. The fraction of sp³-hybridized carbons (Fsp3) is 0.667. The zero-order chi connectivity index (χ0) is 27.0. The summed E-state index contributed by atoms with van der Waals surface area (Å²) < 4.78 is 17.2. The topological polar surface area (TPSA) is 88.5 Å². The molecule has 2 aliphatic carbocycles. The van der Waals surface area contributed by atoms with Crippen molar-refractivity contribution >= 4 is 11.9 Å². The Bertz CT molecular complexity index is 1070. The molecule has 38 heavy (non-hydrogen) atoms. The van der Waals surface area contributed by atoms with Crippen LogP contribution in [0.4, 0.5) is 0 Å². The number of piperazine rings is 1. The minimum Gasteiger partial charge on any atom is -0.485 e. The second kappa shape index (κ2) is 10.9. The summed E-state index contributed by atoms with van der Waals surface area (Å²) in [7, 11) is 0. The lowest BCUT2D eigenvalue weighted by Crippen LogP contribution is -2.57. The van der Waals surface area contributed by atoms with E-state index in [2.05, 4.69) is 24.8 Å². The number of hydrogen-bond acceptors (Lipinski definition) is 7. The number of benzene rings is 1. The monoisotopic (exact) mass is 526 g/mol. The molecule has 8 nitrogen and oxygen atoms in total. The van der Waals surface area contributed by atoms with Crippen molar-refractivity contribution in [3.8, 4) is 11.5 Å². The third-order valence-corrected chi connectivity index (χ3v) is 9.34. The van der Waals surface area contributed by atoms with Crippen molar-refractivity contribution in [3.05, 3.63) is 35.9 Å². The molecular formula is C30H42N2O6. The van der Waals surface area contributed by atoms with E-state index in [4.69, 9.17) is 14.2 Å². The summed E-state index contributed by atoms with van der Waals surface area (Å²) in [4.78, 5) is 29.1. The number of nitrogens with zero attached hydrogens (tertiary/aromatic N) is 2. The fourth-order valence-corrected chi connectivity index (χ4v) is 7.04. The summed E-state index contributed by atoms with van der Waals surface area (Å²) in [5, 5.41) is 11.9. The minimum absolute atomic E-state index is 0.0105. The molecule has 0 aromatic heterocycles. The summed E-state index contributed by atoms with van der Waals surface area (Å²) in [5.41, 5.74) is 0.188. The molecule has 5 rings (SSSR count). The molecule has 8 heteroatoms. The molecule has 1 unspecified atom stereocenters. The second-order valence-corrected chi connectivity index (χ2v) is 11.8. The Morgan fingerprint density at radius 3 is 2.58 bits per heavy atom. The zero-order valence-corrected chi connectivity index (χ0v) is 23.1. The van der Waals surface area contributed by atoms with Crippen LogP contribution in [0.5, 0.6) is 11.5 Å². The highest BCUT2D eigenvalue weighted by Gasteiger charge is 2.52. The molecule has 0 spiro atoms. The molecule has 2 fully saturated rings. The van der Waals surface area contributed by atoms with Crippen LogP contribution in [0.3, 0.4) is 0 Å². The van der Waals surface area contributed by atoms with Crippen molar-refractivity contribution in [1.29, 1.82) is 0 Å². The van der Waals surface area contributed by atoms with Crippen molar-refractivity contribution in [2.75, 3.05) is 39.3 Å². The highest BCUT2D eigenvalue weighted by Crippen LogP contribution is 2.51. The van der Waals surface area contributed by atoms with Crippen LogP contribution in [0.1, 0.15) is 47.0 Å². The third kappa shape index (κ3) is 5.30. The normalized spacial score (nSPS) is 34.1. The van der Waals surface area contributed by atoms with E-state index >= 15 is 0 Å². The van der Waals surface area contributed by atoms with Gasteiger partial charge < -0.3 is 24.2 Å². The van der Waals surface area contributed by atoms with Gasteiger partial charge in [-0.15, -0.1) is 0 Å². The number of carbonyl (C=O) groups is 2. The van der Waals surface area contributed by atoms with Gasteiger partial charge in [-0.1, -0.05) is 32.1 Å². The maximum atomic E-state index is 13.1. The maximum Gasteiger partial charge on any atom is 0.303 e. The molecule has 1 saturated carbocycles. The van der Waals surface area contributed by atoms with Crippen LogP contribution >= 0.6 is 0 Å². The van der Waals surface area contributed by atoms with Gasteiger partial charge in [-0.05, 0) is 55.2 Å². The number of aliphatic hydroxyl groups is 1. The van der Waals surface area contributed by atoms with Gasteiger partial charge >= 0.3 is 5.97 Å². The first-order chi connectivity index (χ1) is 18.2. The Morgan fingerprint density at radius 2 is 1.87 bits per heavy atom. The van der Waals surface area contributed by atoms with Crippen molar-refractivity contribution in [1.82, 2.24) is 9.80 Å². The Kier molecular flexibility index (Phi) is 7.74. The number of carbonyl (C=O) groups excluding carboxylic acids is 2. The SMILES string of the molecule is CC(=O)O[C@@H]1C[C@@]2(O)[C@H](C)CC[C@@H]([C@H](C)CN3CCN(C(=O)C4COc5ccccc5O4)CC3)[C@H]2C=C1C. The summed E-state index contributed by atoms with van der Waals surface area (Å²) in [5.74, 6) is 1.96. The van der Waals surface area contributed by atoms with Crippen LogP contribution < -0.4 is 9.47 Å². The van der Waals surface area contributed by atoms with E-state index in [1.165, 1.54) is 6.92 Å². The fourth-order valence-electron chi connectivity index (χ4n) is 7.04. The molecule has 2 aliphatic heterocycles. The third-order valence-electron chi connectivity index (χ3n) is 9.34. The van der Waals surface area contributed by atoms with Gasteiger partial charge in [0.2, 0.25) is 6.10 Å². The summed E-state index contributed by atoms with van der Waals surface area (Å²) in [6.45, 7) is 12.0. The number of rotatable bonds is 5. The lowest BCUT2D eigenvalue weighted by molar-refractivity contribution is -0.159. The lowest BCUT2D eigenvalue weighted by Gasteiger charge is -2.53. The number of esters is 1. The predicted octanol–water partition coefficient (Wildman–Crippen LogP) is 3.28.